The second-order valence-electron chi connectivity index (χ2n) is 7.63. The number of nitrogens with zero attached hydrogens (tertiary/aromatic N) is 3. The Morgan fingerprint density at radius 3 is 2.18 bits per heavy atom. The van der Waals surface area contributed by atoms with E-state index >= 15 is 0 Å². The Labute approximate surface area is 207 Å². The average molecular weight is 498 g/mol. The van der Waals surface area contributed by atoms with Crippen LogP contribution in [0.15, 0.2) is 70.5 Å². The van der Waals surface area contributed by atoms with Gasteiger partial charge in [-0.25, -0.2) is 4.79 Å². The Morgan fingerprint density at radius 2 is 1.59 bits per heavy atom. The summed E-state index contributed by atoms with van der Waals surface area (Å²) < 4.78 is 14.3. The first-order chi connectivity index (χ1) is 16.6. The van der Waals surface area contributed by atoms with E-state index in [0.717, 1.165) is 25.3 Å². The minimum atomic E-state index is -0.647. The zero-order chi connectivity index (χ0) is 23.9. The van der Waals surface area contributed by atoms with Gasteiger partial charge in [0.1, 0.15) is 5.03 Å². The number of hydrogen-bond acceptors (Lipinski definition) is 7. The van der Waals surface area contributed by atoms with Crippen LogP contribution in [0.2, 0.25) is 0 Å². The number of morpholine rings is 1. The minimum Gasteiger partial charge on any atom is -0.462 e. The molecule has 2 aromatic carbocycles. The lowest BCUT2D eigenvalue weighted by Crippen LogP contribution is -2.37. The number of ether oxygens (including phenoxy) is 2. The van der Waals surface area contributed by atoms with E-state index in [2.05, 4.69) is 4.90 Å². The highest BCUT2D eigenvalue weighted by atomic mass is 32.2. The van der Waals surface area contributed by atoms with Crippen LogP contribution < -0.4 is 5.56 Å². The van der Waals surface area contributed by atoms with Crippen molar-refractivity contribution < 1.29 is 14.3 Å². The van der Waals surface area contributed by atoms with Crippen molar-refractivity contribution >= 4 is 29.9 Å². The standard InChI is InChI=1S/C25H27N3O4S2/c1-2-32-24(30)21-22(29)27(19-9-5-3-6-10-19)25(33)28(20-11-7-4-8-12-20)23(21)34-18-15-26-13-16-31-17-14-26/h3-12H,2,13-18H2,1H3. The van der Waals surface area contributed by atoms with E-state index < -0.39 is 11.5 Å². The summed E-state index contributed by atoms with van der Waals surface area (Å²) in [6.07, 6.45) is 0. The van der Waals surface area contributed by atoms with Crippen molar-refractivity contribution in [3.63, 3.8) is 0 Å². The van der Waals surface area contributed by atoms with Crippen LogP contribution in [0.1, 0.15) is 17.3 Å². The molecule has 1 aliphatic heterocycles. The van der Waals surface area contributed by atoms with Gasteiger partial charge in [0.15, 0.2) is 10.3 Å². The summed E-state index contributed by atoms with van der Waals surface area (Å²) in [5.41, 5.74) is 0.889. The third-order valence-electron chi connectivity index (χ3n) is 5.47. The maximum atomic E-state index is 13.7. The topological polar surface area (TPSA) is 65.7 Å². The first-order valence-electron chi connectivity index (χ1n) is 11.2. The lowest BCUT2D eigenvalue weighted by molar-refractivity contribution is 0.0410. The molecule has 2 heterocycles. The third kappa shape index (κ3) is 5.33. The molecule has 1 aromatic heterocycles. The zero-order valence-corrected chi connectivity index (χ0v) is 20.6. The molecule has 0 atom stereocenters. The molecule has 0 spiro atoms. The van der Waals surface area contributed by atoms with Crippen molar-refractivity contribution in [2.24, 2.45) is 0 Å². The van der Waals surface area contributed by atoms with Crippen LogP contribution in [0, 0.1) is 4.77 Å². The first-order valence-corrected chi connectivity index (χ1v) is 12.6. The average Bonchev–Trinajstić information content (AvgIpc) is 2.86. The highest BCUT2D eigenvalue weighted by Gasteiger charge is 2.26. The van der Waals surface area contributed by atoms with Gasteiger partial charge in [0.05, 0.1) is 25.5 Å². The number of rotatable bonds is 8. The van der Waals surface area contributed by atoms with Crippen LogP contribution >= 0.6 is 24.0 Å². The van der Waals surface area contributed by atoms with Crippen LogP contribution in [-0.4, -0.2) is 65.2 Å². The van der Waals surface area contributed by atoms with Gasteiger partial charge >= 0.3 is 5.97 Å². The normalized spacial score (nSPS) is 14.1. The van der Waals surface area contributed by atoms with Crippen LogP contribution in [0.3, 0.4) is 0 Å². The van der Waals surface area contributed by atoms with Crippen LogP contribution in [-0.2, 0) is 9.47 Å². The number of carbonyl (C=O) groups excluding carboxylic acids is 1. The Hall–Kier alpha value is -2.72. The van der Waals surface area contributed by atoms with Gasteiger partial charge in [0.25, 0.3) is 5.56 Å². The second-order valence-corrected chi connectivity index (χ2v) is 9.08. The van der Waals surface area contributed by atoms with Gasteiger partial charge < -0.3 is 9.47 Å². The number of carbonyl (C=O) groups is 1. The fourth-order valence-corrected chi connectivity index (χ4v) is 5.43. The Morgan fingerprint density at radius 1 is 1.00 bits per heavy atom. The minimum absolute atomic E-state index is 0.00451. The predicted octanol–water partition coefficient (Wildman–Crippen LogP) is 3.96. The molecule has 0 amide bonds. The highest BCUT2D eigenvalue weighted by molar-refractivity contribution is 7.99. The van der Waals surface area contributed by atoms with Gasteiger partial charge in [-0.2, -0.15) is 0 Å². The third-order valence-corrected chi connectivity index (χ3v) is 6.89. The van der Waals surface area contributed by atoms with E-state index in [1.54, 1.807) is 23.6 Å². The largest absolute Gasteiger partial charge is 0.462 e. The zero-order valence-electron chi connectivity index (χ0n) is 19.0. The fourth-order valence-electron chi connectivity index (χ4n) is 3.81. The number of aromatic nitrogens is 2. The summed E-state index contributed by atoms with van der Waals surface area (Å²) in [6, 6.07) is 18.7. The SMILES string of the molecule is CCOC(=O)c1c(SCCN2CCOCC2)n(-c2ccccc2)c(=S)n(-c2ccccc2)c1=O. The van der Waals surface area contributed by atoms with Gasteiger partial charge in [0, 0.05) is 31.1 Å². The van der Waals surface area contributed by atoms with E-state index in [9.17, 15) is 9.59 Å². The molecule has 0 unspecified atom stereocenters. The van der Waals surface area contributed by atoms with E-state index in [1.807, 2.05) is 48.5 Å². The quantitative estimate of drug-likeness (QED) is 0.202. The molecule has 0 radical (unpaired) electrons. The first kappa shape index (κ1) is 24.4. The van der Waals surface area contributed by atoms with Gasteiger partial charge in [0.2, 0.25) is 0 Å². The maximum absolute atomic E-state index is 13.7. The molecule has 1 aliphatic rings. The van der Waals surface area contributed by atoms with Gasteiger partial charge in [-0.1, -0.05) is 36.4 Å². The molecule has 0 N–H and O–H groups in total. The summed E-state index contributed by atoms with van der Waals surface area (Å²) in [6.45, 7) is 5.86. The Bertz CT molecular complexity index is 1240. The summed E-state index contributed by atoms with van der Waals surface area (Å²) in [5, 5.41) is 0.500. The van der Waals surface area contributed by atoms with E-state index in [-0.39, 0.29) is 12.2 Å². The molecular weight excluding hydrogens is 470 g/mol. The number of para-hydroxylation sites is 2. The summed E-state index contributed by atoms with van der Waals surface area (Å²) in [7, 11) is 0. The second kappa shape index (κ2) is 11.6. The van der Waals surface area contributed by atoms with Crippen molar-refractivity contribution in [1.29, 1.82) is 0 Å². The molecule has 9 heteroatoms. The van der Waals surface area contributed by atoms with Gasteiger partial charge in [-0.05, 0) is 43.4 Å². The molecule has 0 bridgehead atoms. The summed E-state index contributed by atoms with van der Waals surface area (Å²) in [5.74, 6) is 0.0359. The molecule has 7 nitrogen and oxygen atoms in total. The number of thioether (sulfide) groups is 1. The van der Waals surface area contributed by atoms with E-state index in [0.29, 0.717) is 34.5 Å². The monoisotopic (exact) mass is 497 g/mol. The summed E-state index contributed by atoms with van der Waals surface area (Å²) >= 11 is 7.30. The van der Waals surface area contributed by atoms with Crippen molar-refractivity contribution in [1.82, 2.24) is 14.0 Å². The van der Waals surface area contributed by atoms with Crippen LogP contribution in [0.4, 0.5) is 0 Å². The molecular formula is C25H27N3O4S2. The maximum Gasteiger partial charge on any atom is 0.346 e. The molecule has 0 aliphatic carbocycles. The van der Waals surface area contributed by atoms with Crippen LogP contribution in [0.25, 0.3) is 11.4 Å². The van der Waals surface area contributed by atoms with Gasteiger partial charge in [-0.3, -0.25) is 18.8 Å². The molecule has 1 fully saturated rings. The lowest BCUT2D eigenvalue weighted by Gasteiger charge is -2.26. The van der Waals surface area contributed by atoms with Gasteiger partial charge in [-0.15, -0.1) is 11.8 Å². The molecule has 0 saturated carbocycles. The smallest absolute Gasteiger partial charge is 0.346 e. The van der Waals surface area contributed by atoms with Crippen molar-refractivity contribution in [2.75, 3.05) is 45.2 Å². The number of benzene rings is 2. The highest BCUT2D eigenvalue weighted by Crippen LogP contribution is 2.27. The van der Waals surface area contributed by atoms with Crippen molar-refractivity contribution in [2.45, 2.75) is 11.9 Å². The Balaban J connectivity index is 1.88. The fraction of sp³-hybridized carbons (Fsp3) is 0.320. The molecule has 4 rings (SSSR count). The van der Waals surface area contributed by atoms with E-state index in [4.69, 9.17) is 21.7 Å². The molecule has 34 heavy (non-hydrogen) atoms. The van der Waals surface area contributed by atoms with Crippen molar-refractivity contribution in [3.05, 3.63) is 81.4 Å². The molecule has 1 saturated heterocycles. The molecule has 3 aromatic rings. The number of esters is 1. The lowest BCUT2D eigenvalue weighted by atomic mass is 10.2. The molecule has 178 valence electrons. The number of hydrogen-bond donors (Lipinski definition) is 0. The van der Waals surface area contributed by atoms with Crippen LogP contribution in [0.5, 0.6) is 0 Å². The summed E-state index contributed by atoms with van der Waals surface area (Å²) in [4.78, 5) is 29.1. The van der Waals surface area contributed by atoms with Crippen molar-refractivity contribution in [3.8, 4) is 11.4 Å². The van der Waals surface area contributed by atoms with E-state index in [1.165, 1.54) is 16.3 Å². The Kier molecular flexibility index (Phi) is 8.34. The predicted molar refractivity (Wildman–Crippen MR) is 136 cm³/mol.